The van der Waals surface area contributed by atoms with Crippen LogP contribution in [0.3, 0.4) is 0 Å². The maximum absolute atomic E-state index is 6.20. The van der Waals surface area contributed by atoms with Crippen LogP contribution in [0.5, 0.6) is 11.5 Å². The Labute approximate surface area is 146 Å². The molecule has 4 rings (SSSR count). The molecule has 2 aromatic carbocycles. The Balaban J connectivity index is 1.73. The third-order valence-corrected chi connectivity index (χ3v) is 4.81. The lowest BCUT2D eigenvalue weighted by Gasteiger charge is -2.43. The maximum Gasteiger partial charge on any atom is 0.192 e. The summed E-state index contributed by atoms with van der Waals surface area (Å²) in [6, 6.07) is 13.9. The van der Waals surface area contributed by atoms with E-state index in [1.165, 1.54) is 0 Å². The number of methoxy groups -OCH3 is 1. The van der Waals surface area contributed by atoms with Crippen molar-refractivity contribution in [2.24, 2.45) is 5.10 Å². The van der Waals surface area contributed by atoms with E-state index < -0.39 is 5.72 Å². The van der Waals surface area contributed by atoms with Crippen LogP contribution in [0.2, 0.25) is 5.02 Å². The number of hydrogen-bond donors (Lipinski definition) is 0. The molecule has 4 nitrogen and oxygen atoms in total. The van der Waals surface area contributed by atoms with Gasteiger partial charge in [-0.05, 0) is 61.9 Å². The van der Waals surface area contributed by atoms with Crippen LogP contribution < -0.4 is 9.47 Å². The van der Waals surface area contributed by atoms with E-state index in [0.29, 0.717) is 0 Å². The molecule has 0 bridgehead atoms. The van der Waals surface area contributed by atoms with Crippen molar-refractivity contribution < 1.29 is 9.47 Å². The monoisotopic (exact) mass is 342 g/mol. The van der Waals surface area contributed by atoms with E-state index in [1.807, 2.05) is 61.3 Å². The average molecular weight is 343 g/mol. The molecule has 124 valence electrons. The Kier molecular flexibility index (Phi) is 3.46. The van der Waals surface area contributed by atoms with Crippen molar-refractivity contribution in [2.75, 3.05) is 7.11 Å². The molecule has 0 spiro atoms. The quantitative estimate of drug-likeness (QED) is 0.798. The summed E-state index contributed by atoms with van der Waals surface area (Å²) < 4.78 is 11.4. The maximum atomic E-state index is 6.20. The minimum Gasteiger partial charge on any atom is -0.497 e. The first-order valence-corrected chi connectivity index (χ1v) is 8.35. The van der Waals surface area contributed by atoms with E-state index in [2.05, 4.69) is 0 Å². The highest BCUT2D eigenvalue weighted by Crippen LogP contribution is 2.47. The van der Waals surface area contributed by atoms with Crippen LogP contribution in [-0.2, 0) is 0 Å². The lowest BCUT2D eigenvalue weighted by Crippen LogP contribution is -2.48. The highest BCUT2D eigenvalue weighted by atomic mass is 35.5. The molecule has 2 aromatic rings. The molecule has 0 radical (unpaired) electrons. The van der Waals surface area contributed by atoms with Crippen molar-refractivity contribution in [3.8, 4) is 11.5 Å². The fraction of sp³-hybridized carbons (Fsp3) is 0.316. The smallest absolute Gasteiger partial charge is 0.192 e. The molecule has 1 atom stereocenters. The Hall–Kier alpha value is -2.20. The minimum absolute atomic E-state index is 0.138. The van der Waals surface area contributed by atoms with Gasteiger partial charge in [-0.25, -0.2) is 5.01 Å². The normalized spacial score (nSPS) is 20.8. The van der Waals surface area contributed by atoms with Crippen molar-refractivity contribution in [3.05, 3.63) is 58.6 Å². The van der Waals surface area contributed by atoms with Crippen LogP contribution in [0.1, 0.15) is 37.4 Å². The van der Waals surface area contributed by atoms with Crippen LogP contribution in [0.15, 0.2) is 47.6 Å². The zero-order chi connectivity index (χ0) is 16.9. The molecule has 0 aliphatic carbocycles. The number of nitrogens with zero attached hydrogens (tertiary/aromatic N) is 2. The fourth-order valence-corrected chi connectivity index (χ4v) is 3.58. The van der Waals surface area contributed by atoms with Gasteiger partial charge < -0.3 is 9.47 Å². The Morgan fingerprint density at radius 1 is 1.21 bits per heavy atom. The largest absolute Gasteiger partial charge is 0.497 e. The minimum atomic E-state index is -0.500. The van der Waals surface area contributed by atoms with Crippen molar-refractivity contribution >= 4 is 17.3 Å². The van der Waals surface area contributed by atoms with Crippen molar-refractivity contribution in [1.82, 2.24) is 5.01 Å². The molecule has 2 aliphatic heterocycles. The van der Waals surface area contributed by atoms with Gasteiger partial charge in [-0.3, -0.25) is 0 Å². The van der Waals surface area contributed by atoms with E-state index in [0.717, 1.165) is 39.8 Å². The van der Waals surface area contributed by atoms with Crippen molar-refractivity contribution in [1.29, 1.82) is 0 Å². The molecule has 0 saturated heterocycles. The number of hydrogen-bond acceptors (Lipinski definition) is 4. The Morgan fingerprint density at radius 2 is 1.96 bits per heavy atom. The first kappa shape index (κ1) is 15.3. The van der Waals surface area contributed by atoms with Crippen LogP contribution in [0.4, 0.5) is 0 Å². The van der Waals surface area contributed by atoms with E-state index >= 15 is 0 Å². The standard InChI is InChI=1S/C19H19ClN2O2/c1-19(2)22-17(15-10-13(20)6-9-18(15)24-19)11-16(21-22)12-4-7-14(23-3)8-5-12/h4-10,17H,11H2,1-3H3/t17-/m0/s1. The second-order valence-electron chi connectivity index (χ2n) is 6.57. The molecule has 5 heteroatoms. The first-order chi connectivity index (χ1) is 11.5. The molecule has 0 saturated carbocycles. The Bertz CT molecular complexity index is 815. The molecular formula is C19H19ClN2O2. The Morgan fingerprint density at radius 3 is 2.67 bits per heavy atom. The third kappa shape index (κ3) is 2.42. The van der Waals surface area contributed by atoms with E-state index in [-0.39, 0.29) is 6.04 Å². The highest BCUT2D eigenvalue weighted by Gasteiger charge is 2.44. The summed E-state index contributed by atoms with van der Waals surface area (Å²) in [4.78, 5) is 0. The summed E-state index contributed by atoms with van der Waals surface area (Å²) in [5.41, 5.74) is 2.74. The highest BCUT2D eigenvalue weighted by molar-refractivity contribution is 6.30. The molecule has 0 aromatic heterocycles. The summed E-state index contributed by atoms with van der Waals surface area (Å²) in [5, 5.41) is 7.62. The van der Waals surface area contributed by atoms with Gasteiger partial charge in [-0.2, -0.15) is 5.10 Å². The van der Waals surface area contributed by atoms with Crippen LogP contribution in [-0.4, -0.2) is 23.6 Å². The zero-order valence-corrected chi connectivity index (χ0v) is 14.7. The van der Waals surface area contributed by atoms with Crippen LogP contribution in [0, 0.1) is 0 Å². The number of fused-ring (bicyclic) bond motifs is 3. The van der Waals surface area contributed by atoms with Gasteiger partial charge in [0.25, 0.3) is 0 Å². The van der Waals surface area contributed by atoms with Gasteiger partial charge in [0.1, 0.15) is 11.5 Å². The zero-order valence-electron chi connectivity index (χ0n) is 13.9. The average Bonchev–Trinajstić information content (AvgIpc) is 3.02. The van der Waals surface area contributed by atoms with Gasteiger partial charge in [0.2, 0.25) is 0 Å². The molecule has 0 fully saturated rings. The van der Waals surface area contributed by atoms with Gasteiger partial charge in [0, 0.05) is 17.0 Å². The molecular weight excluding hydrogens is 324 g/mol. The summed E-state index contributed by atoms with van der Waals surface area (Å²) in [7, 11) is 1.67. The summed E-state index contributed by atoms with van der Waals surface area (Å²) >= 11 is 6.20. The fourth-order valence-electron chi connectivity index (χ4n) is 3.40. The second-order valence-corrected chi connectivity index (χ2v) is 7.01. The van der Waals surface area contributed by atoms with Gasteiger partial charge in [-0.15, -0.1) is 0 Å². The summed E-state index contributed by atoms with van der Waals surface area (Å²) in [5.74, 6) is 1.73. The van der Waals surface area contributed by atoms with Gasteiger partial charge >= 0.3 is 0 Å². The molecule has 2 aliphatic rings. The van der Waals surface area contributed by atoms with E-state index in [1.54, 1.807) is 7.11 Å². The van der Waals surface area contributed by atoms with Crippen molar-refractivity contribution in [2.45, 2.75) is 32.0 Å². The van der Waals surface area contributed by atoms with Crippen LogP contribution >= 0.6 is 11.6 Å². The number of benzene rings is 2. The van der Waals surface area contributed by atoms with Crippen LogP contribution in [0.25, 0.3) is 0 Å². The number of rotatable bonds is 2. The molecule has 2 heterocycles. The topological polar surface area (TPSA) is 34.1 Å². The molecule has 0 N–H and O–H groups in total. The van der Waals surface area contributed by atoms with E-state index in [9.17, 15) is 0 Å². The van der Waals surface area contributed by atoms with Gasteiger partial charge in [0.05, 0.1) is 18.9 Å². The number of hydrazone groups is 1. The lowest BCUT2D eigenvalue weighted by atomic mass is 9.95. The molecule has 0 amide bonds. The molecule has 0 unspecified atom stereocenters. The summed E-state index contributed by atoms with van der Waals surface area (Å²) in [6.45, 7) is 4.08. The van der Waals surface area contributed by atoms with Gasteiger partial charge in [-0.1, -0.05) is 11.6 Å². The third-order valence-electron chi connectivity index (χ3n) is 4.58. The second kappa shape index (κ2) is 5.42. The SMILES string of the molecule is COc1ccc(C2=NN3[C@@H](C2)c2cc(Cl)ccc2OC3(C)C)cc1. The number of ether oxygens (including phenoxy) is 2. The lowest BCUT2D eigenvalue weighted by molar-refractivity contribution is -0.0911. The molecule has 24 heavy (non-hydrogen) atoms. The van der Waals surface area contributed by atoms with Gasteiger partial charge in [0.15, 0.2) is 5.72 Å². The summed E-state index contributed by atoms with van der Waals surface area (Å²) in [6.07, 6.45) is 0.826. The number of halogens is 1. The first-order valence-electron chi connectivity index (χ1n) is 7.97. The van der Waals surface area contributed by atoms with Crippen molar-refractivity contribution in [3.63, 3.8) is 0 Å². The van der Waals surface area contributed by atoms with E-state index in [4.69, 9.17) is 26.2 Å². The predicted molar refractivity (Wildman–Crippen MR) is 94.9 cm³/mol. The predicted octanol–water partition coefficient (Wildman–Crippen LogP) is 4.63.